The number of rotatable bonds is 4. The summed E-state index contributed by atoms with van der Waals surface area (Å²) in [5.41, 5.74) is 1.15. The Labute approximate surface area is 115 Å². The lowest BCUT2D eigenvalue weighted by atomic mass is 10.1. The monoisotopic (exact) mass is 267 g/mol. The maximum Gasteiger partial charge on any atom is 0.142 e. The summed E-state index contributed by atoms with van der Waals surface area (Å²) in [6.45, 7) is 0.794. The van der Waals surface area contributed by atoms with Gasteiger partial charge in [-0.15, -0.1) is 0 Å². The zero-order valence-electron chi connectivity index (χ0n) is 11.0. The van der Waals surface area contributed by atoms with Crippen molar-refractivity contribution in [3.8, 4) is 5.75 Å². The van der Waals surface area contributed by atoms with Gasteiger partial charge in [0.25, 0.3) is 0 Å². The predicted octanol–water partition coefficient (Wildman–Crippen LogP) is 4.16. The minimum Gasteiger partial charge on any atom is -0.489 e. The quantitative estimate of drug-likeness (QED) is 0.827. The van der Waals surface area contributed by atoms with Crippen LogP contribution in [0, 0.1) is 0 Å². The zero-order chi connectivity index (χ0) is 12.8. The third-order valence-electron chi connectivity index (χ3n) is 3.50. The van der Waals surface area contributed by atoms with Gasteiger partial charge in [-0.2, -0.15) is 0 Å². The molecule has 0 unspecified atom stereocenters. The van der Waals surface area contributed by atoms with Gasteiger partial charge in [0.15, 0.2) is 0 Å². The fourth-order valence-electron chi connectivity index (χ4n) is 2.54. The summed E-state index contributed by atoms with van der Waals surface area (Å²) < 4.78 is 6.18. The number of para-hydroxylation sites is 1. The molecule has 0 saturated heterocycles. The van der Waals surface area contributed by atoms with Gasteiger partial charge < -0.3 is 10.1 Å². The topological polar surface area (TPSA) is 21.3 Å². The third-order valence-corrected chi connectivity index (χ3v) is 3.80. The van der Waals surface area contributed by atoms with Crippen LogP contribution in [-0.2, 0) is 6.54 Å². The second-order valence-corrected chi connectivity index (χ2v) is 5.40. The van der Waals surface area contributed by atoms with E-state index in [2.05, 4.69) is 11.4 Å². The van der Waals surface area contributed by atoms with Gasteiger partial charge in [0, 0.05) is 12.1 Å². The number of benzene rings is 1. The first-order chi connectivity index (χ1) is 8.81. The maximum atomic E-state index is 6.27. The van der Waals surface area contributed by atoms with E-state index >= 15 is 0 Å². The van der Waals surface area contributed by atoms with Crippen LogP contribution in [0.2, 0.25) is 5.02 Å². The predicted molar refractivity (Wildman–Crippen MR) is 76.3 cm³/mol. The van der Waals surface area contributed by atoms with Gasteiger partial charge in [-0.25, -0.2) is 0 Å². The maximum absolute atomic E-state index is 6.27. The fraction of sp³-hybridized carbons (Fsp3) is 0.600. The van der Waals surface area contributed by atoms with E-state index in [0.717, 1.165) is 35.7 Å². The number of ether oxygens (including phenoxy) is 1. The van der Waals surface area contributed by atoms with Crippen molar-refractivity contribution in [3.05, 3.63) is 28.8 Å². The van der Waals surface area contributed by atoms with E-state index in [-0.39, 0.29) is 0 Å². The van der Waals surface area contributed by atoms with Crippen LogP contribution in [0.5, 0.6) is 5.75 Å². The van der Waals surface area contributed by atoms with E-state index in [9.17, 15) is 0 Å². The molecule has 0 amide bonds. The van der Waals surface area contributed by atoms with E-state index in [1.165, 1.54) is 25.7 Å². The summed E-state index contributed by atoms with van der Waals surface area (Å²) in [6, 6.07) is 5.97. The molecule has 0 spiro atoms. The number of nitrogens with one attached hydrogen (secondary N) is 1. The summed E-state index contributed by atoms with van der Waals surface area (Å²) in [7, 11) is 1.94. The number of hydrogen-bond donors (Lipinski definition) is 1. The van der Waals surface area contributed by atoms with Gasteiger partial charge in [0.05, 0.1) is 11.1 Å². The molecule has 1 aliphatic carbocycles. The third kappa shape index (κ3) is 3.63. The van der Waals surface area contributed by atoms with Crippen LogP contribution in [0.1, 0.15) is 44.1 Å². The molecular weight excluding hydrogens is 246 g/mol. The van der Waals surface area contributed by atoms with Crippen molar-refractivity contribution in [2.75, 3.05) is 7.05 Å². The van der Waals surface area contributed by atoms with Gasteiger partial charge in [-0.05, 0) is 38.8 Å². The molecule has 1 saturated carbocycles. The molecule has 0 aliphatic heterocycles. The van der Waals surface area contributed by atoms with E-state index in [0.29, 0.717) is 6.10 Å². The minimum atomic E-state index is 0.336. The van der Waals surface area contributed by atoms with Gasteiger partial charge in [0.2, 0.25) is 0 Å². The smallest absolute Gasteiger partial charge is 0.142 e. The molecule has 0 aromatic heterocycles. The molecule has 2 nitrogen and oxygen atoms in total. The molecular formula is C15H22ClNO. The summed E-state index contributed by atoms with van der Waals surface area (Å²) in [5, 5.41) is 3.89. The van der Waals surface area contributed by atoms with Gasteiger partial charge in [-0.1, -0.05) is 36.6 Å². The molecule has 1 aliphatic rings. The van der Waals surface area contributed by atoms with Crippen molar-refractivity contribution in [2.45, 2.75) is 51.2 Å². The lowest BCUT2D eigenvalue weighted by Gasteiger charge is -2.20. The Balaban J connectivity index is 2.10. The summed E-state index contributed by atoms with van der Waals surface area (Å²) in [4.78, 5) is 0. The van der Waals surface area contributed by atoms with Gasteiger partial charge in [0.1, 0.15) is 5.75 Å². The van der Waals surface area contributed by atoms with Crippen molar-refractivity contribution < 1.29 is 4.74 Å². The molecule has 0 bridgehead atoms. The van der Waals surface area contributed by atoms with Crippen LogP contribution < -0.4 is 10.1 Å². The first kappa shape index (κ1) is 13.7. The fourth-order valence-corrected chi connectivity index (χ4v) is 2.78. The van der Waals surface area contributed by atoms with E-state index in [1.54, 1.807) is 0 Å². The molecule has 1 fully saturated rings. The van der Waals surface area contributed by atoms with Crippen molar-refractivity contribution in [2.24, 2.45) is 0 Å². The van der Waals surface area contributed by atoms with Crippen LogP contribution in [0.4, 0.5) is 0 Å². The number of hydrogen-bond acceptors (Lipinski definition) is 2. The summed E-state index contributed by atoms with van der Waals surface area (Å²) in [6.07, 6.45) is 7.88. The normalized spacial score (nSPS) is 17.4. The van der Waals surface area contributed by atoms with Gasteiger partial charge in [-0.3, -0.25) is 0 Å². The van der Waals surface area contributed by atoms with Crippen LogP contribution in [-0.4, -0.2) is 13.2 Å². The average molecular weight is 268 g/mol. The Bertz CT molecular complexity index is 373. The lowest BCUT2D eigenvalue weighted by molar-refractivity contribution is 0.182. The molecule has 1 N–H and O–H groups in total. The first-order valence-electron chi connectivity index (χ1n) is 6.90. The highest BCUT2D eigenvalue weighted by atomic mass is 35.5. The Morgan fingerprint density at radius 1 is 1.22 bits per heavy atom. The highest BCUT2D eigenvalue weighted by Crippen LogP contribution is 2.32. The van der Waals surface area contributed by atoms with Crippen molar-refractivity contribution in [1.82, 2.24) is 5.32 Å². The summed E-state index contributed by atoms with van der Waals surface area (Å²) in [5.74, 6) is 0.875. The van der Waals surface area contributed by atoms with Crippen molar-refractivity contribution in [1.29, 1.82) is 0 Å². The highest BCUT2D eigenvalue weighted by molar-refractivity contribution is 6.32. The molecule has 3 heteroatoms. The lowest BCUT2D eigenvalue weighted by Crippen LogP contribution is -2.17. The Morgan fingerprint density at radius 3 is 2.61 bits per heavy atom. The van der Waals surface area contributed by atoms with Crippen LogP contribution in [0.25, 0.3) is 0 Å². The molecule has 18 heavy (non-hydrogen) atoms. The highest BCUT2D eigenvalue weighted by Gasteiger charge is 2.17. The van der Waals surface area contributed by atoms with Crippen LogP contribution >= 0.6 is 11.6 Å². The van der Waals surface area contributed by atoms with Crippen LogP contribution in [0.15, 0.2) is 18.2 Å². The SMILES string of the molecule is CNCc1cccc(Cl)c1OC1CCCCCC1. The number of halogens is 1. The second-order valence-electron chi connectivity index (χ2n) is 4.99. The summed E-state index contributed by atoms with van der Waals surface area (Å²) >= 11 is 6.27. The molecule has 0 atom stereocenters. The molecule has 0 radical (unpaired) electrons. The van der Waals surface area contributed by atoms with Crippen molar-refractivity contribution >= 4 is 11.6 Å². The molecule has 0 heterocycles. The Morgan fingerprint density at radius 2 is 1.94 bits per heavy atom. The first-order valence-corrected chi connectivity index (χ1v) is 7.27. The molecule has 1 aromatic carbocycles. The average Bonchev–Trinajstić information content (AvgIpc) is 2.62. The van der Waals surface area contributed by atoms with E-state index < -0.39 is 0 Å². The minimum absolute atomic E-state index is 0.336. The van der Waals surface area contributed by atoms with E-state index in [1.807, 2.05) is 19.2 Å². The van der Waals surface area contributed by atoms with E-state index in [4.69, 9.17) is 16.3 Å². The van der Waals surface area contributed by atoms with Crippen molar-refractivity contribution in [3.63, 3.8) is 0 Å². The molecule has 2 rings (SSSR count). The largest absolute Gasteiger partial charge is 0.489 e. The Kier molecular flexibility index (Phi) is 5.33. The van der Waals surface area contributed by atoms with Crippen LogP contribution in [0.3, 0.4) is 0 Å². The van der Waals surface area contributed by atoms with Gasteiger partial charge >= 0.3 is 0 Å². The Hall–Kier alpha value is -0.730. The molecule has 1 aromatic rings. The zero-order valence-corrected chi connectivity index (χ0v) is 11.8. The second kappa shape index (κ2) is 7.01. The molecule has 100 valence electrons. The standard InChI is InChI=1S/C15H22ClNO/c1-17-11-12-7-6-10-14(16)15(12)18-13-8-4-2-3-5-9-13/h6-7,10,13,17H,2-5,8-9,11H2,1H3.